The number of carbonyl (C=O) groups excluding carboxylic acids is 1. The van der Waals surface area contributed by atoms with Crippen molar-refractivity contribution in [3.05, 3.63) is 51.5 Å². The first-order chi connectivity index (χ1) is 12.3. The Kier molecular flexibility index (Phi) is 9.59. The Labute approximate surface area is 172 Å². The van der Waals surface area contributed by atoms with E-state index in [-0.39, 0.29) is 12.4 Å². The lowest BCUT2D eigenvalue weighted by Gasteiger charge is -2.09. The summed E-state index contributed by atoms with van der Waals surface area (Å²) in [7, 11) is -0.699. The minimum absolute atomic E-state index is 0. The van der Waals surface area contributed by atoms with Crippen LogP contribution < -0.4 is 0 Å². The van der Waals surface area contributed by atoms with Crippen LogP contribution in [0.4, 0.5) is 0 Å². The number of hydrogen-bond donors (Lipinski definition) is 0. The first-order valence-corrected chi connectivity index (χ1v) is 11.2. The number of hydrogen-bond acceptors (Lipinski definition) is 5. The fourth-order valence-corrected chi connectivity index (χ4v) is 4.33. The van der Waals surface area contributed by atoms with Gasteiger partial charge in [-0.3, -0.25) is 4.79 Å². The predicted molar refractivity (Wildman–Crippen MR) is 114 cm³/mol. The van der Waals surface area contributed by atoms with Crippen LogP contribution in [0.3, 0.4) is 0 Å². The Bertz CT molecular complexity index is 834. The van der Waals surface area contributed by atoms with Gasteiger partial charge in [0.05, 0.1) is 5.01 Å². The summed E-state index contributed by atoms with van der Waals surface area (Å²) in [6.45, 7) is 1.83. The monoisotopic (exact) mass is 430 g/mol. The second-order valence-corrected chi connectivity index (χ2v) is 9.99. The van der Waals surface area contributed by atoms with Crippen molar-refractivity contribution in [3.8, 4) is 0 Å². The molecule has 150 valence electrons. The summed E-state index contributed by atoms with van der Waals surface area (Å²) in [5.74, 6) is -0.955. The molecule has 0 aliphatic heterocycles. The number of carbonyl (C=O) groups is 1. The molecule has 0 radical (unpaired) electrons. The highest BCUT2D eigenvalue weighted by Crippen LogP contribution is 2.21. The molecule has 0 saturated heterocycles. The molecule has 8 heteroatoms. The Morgan fingerprint density at radius 2 is 1.70 bits per heavy atom. The molecule has 0 N–H and O–H groups in total. The summed E-state index contributed by atoms with van der Waals surface area (Å²) in [4.78, 5) is 17.5. The van der Waals surface area contributed by atoms with Crippen LogP contribution in [0.5, 0.6) is 0 Å². The maximum atomic E-state index is 12.3. The van der Waals surface area contributed by atoms with Crippen molar-refractivity contribution >= 4 is 39.6 Å². The number of thiazole rings is 1. The van der Waals surface area contributed by atoms with Crippen LogP contribution in [-0.4, -0.2) is 43.3 Å². The number of benzene rings is 1. The minimum atomic E-state index is -3.56. The summed E-state index contributed by atoms with van der Waals surface area (Å²) in [5, 5.41) is 0.910. The molecule has 1 heterocycles. The molecule has 27 heavy (non-hydrogen) atoms. The third-order valence-corrected chi connectivity index (χ3v) is 6.94. The highest BCUT2D eigenvalue weighted by atomic mass is 35.5. The van der Waals surface area contributed by atoms with Gasteiger partial charge in [-0.1, -0.05) is 36.8 Å². The molecule has 1 aromatic carbocycles. The van der Waals surface area contributed by atoms with Gasteiger partial charge in [0.1, 0.15) is 11.4 Å². The standard InChI is InChI=1S/C19H26N2O3S2.ClH/c1-15-19(17(22)14-26(23,24)21(2)3)20-18(25-15)13-9-5-8-12-16-10-6-4-7-11-16;/h4,6-7,10-11H,5,8-9,12-14H2,1-3H3;1H. The van der Waals surface area contributed by atoms with E-state index >= 15 is 0 Å². The van der Waals surface area contributed by atoms with Crippen molar-refractivity contribution in [1.29, 1.82) is 0 Å². The van der Waals surface area contributed by atoms with Crippen molar-refractivity contribution in [3.63, 3.8) is 0 Å². The molecule has 0 spiro atoms. The summed E-state index contributed by atoms with van der Waals surface area (Å²) in [6, 6.07) is 10.4. The fraction of sp³-hybridized carbons (Fsp3) is 0.474. The van der Waals surface area contributed by atoms with E-state index < -0.39 is 21.6 Å². The van der Waals surface area contributed by atoms with Crippen molar-refractivity contribution in [2.24, 2.45) is 0 Å². The van der Waals surface area contributed by atoms with Crippen LogP contribution in [0.25, 0.3) is 0 Å². The molecule has 0 amide bonds. The van der Waals surface area contributed by atoms with E-state index in [1.807, 2.05) is 13.0 Å². The Morgan fingerprint density at radius 3 is 2.33 bits per heavy atom. The Hall–Kier alpha value is -1.28. The maximum Gasteiger partial charge on any atom is 0.221 e. The van der Waals surface area contributed by atoms with Gasteiger partial charge in [0, 0.05) is 19.0 Å². The van der Waals surface area contributed by atoms with Crippen molar-refractivity contribution in [2.45, 2.75) is 39.0 Å². The number of ketones is 1. The average Bonchev–Trinajstić information content (AvgIpc) is 2.96. The molecule has 1 aromatic heterocycles. The molecule has 2 aromatic rings. The lowest BCUT2D eigenvalue weighted by molar-refractivity contribution is 0.101. The summed E-state index contributed by atoms with van der Waals surface area (Å²) in [5.41, 5.74) is 1.66. The SMILES string of the molecule is Cc1sc(CCCCCc2ccccc2)nc1C(=O)CS(=O)(=O)N(C)C.Cl. The second-order valence-electron chi connectivity index (χ2n) is 6.52. The predicted octanol–water partition coefficient (Wildman–Crippen LogP) is 3.90. The van der Waals surface area contributed by atoms with Gasteiger partial charge in [0.25, 0.3) is 0 Å². The smallest absolute Gasteiger partial charge is 0.221 e. The molecule has 0 bridgehead atoms. The van der Waals surface area contributed by atoms with Crippen LogP contribution >= 0.6 is 23.7 Å². The van der Waals surface area contributed by atoms with Crippen LogP contribution in [0, 0.1) is 6.92 Å². The molecule has 5 nitrogen and oxygen atoms in total. The van der Waals surface area contributed by atoms with E-state index in [4.69, 9.17) is 0 Å². The average molecular weight is 431 g/mol. The number of rotatable bonds is 10. The van der Waals surface area contributed by atoms with Gasteiger partial charge in [0.2, 0.25) is 10.0 Å². The molecule has 2 rings (SSSR count). The van der Waals surface area contributed by atoms with E-state index in [0.29, 0.717) is 5.69 Å². The number of Topliss-reactive ketones (excluding diaryl/α,β-unsaturated/α-hetero) is 1. The van der Waals surface area contributed by atoms with Crippen LogP contribution in [-0.2, 0) is 22.9 Å². The van der Waals surface area contributed by atoms with Crippen LogP contribution in [0.1, 0.15) is 45.2 Å². The molecule has 0 aliphatic rings. The normalized spacial score (nSPS) is 11.4. The van der Waals surface area contributed by atoms with Gasteiger partial charge in [-0.05, 0) is 38.2 Å². The van der Waals surface area contributed by atoms with E-state index in [9.17, 15) is 13.2 Å². The fourth-order valence-electron chi connectivity index (χ4n) is 2.61. The zero-order chi connectivity index (χ0) is 19.2. The van der Waals surface area contributed by atoms with Gasteiger partial charge < -0.3 is 0 Å². The van der Waals surface area contributed by atoms with Gasteiger partial charge in [-0.25, -0.2) is 17.7 Å². The quantitative estimate of drug-likeness (QED) is 0.423. The lowest BCUT2D eigenvalue weighted by Crippen LogP contribution is -2.29. The second kappa shape index (κ2) is 10.9. The zero-order valence-electron chi connectivity index (χ0n) is 16.0. The molecule has 0 saturated carbocycles. The minimum Gasteiger partial charge on any atom is -0.291 e. The van der Waals surface area contributed by atoms with Gasteiger partial charge in [-0.15, -0.1) is 23.7 Å². The highest BCUT2D eigenvalue weighted by molar-refractivity contribution is 7.89. The highest BCUT2D eigenvalue weighted by Gasteiger charge is 2.23. The molecular weight excluding hydrogens is 404 g/mol. The summed E-state index contributed by atoms with van der Waals surface area (Å²) < 4.78 is 24.8. The molecular formula is C19H27ClN2O3S2. The maximum absolute atomic E-state index is 12.3. The van der Waals surface area contributed by atoms with E-state index in [1.54, 1.807) is 0 Å². The largest absolute Gasteiger partial charge is 0.291 e. The number of nitrogens with zero attached hydrogens (tertiary/aromatic N) is 2. The first kappa shape index (κ1) is 23.8. The van der Waals surface area contributed by atoms with E-state index in [2.05, 4.69) is 29.2 Å². The van der Waals surface area contributed by atoms with Crippen LogP contribution in [0.15, 0.2) is 30.3 Å². The van der Waals surface area contributed by atoms with Gasteiger partial charge >= 0.3 is 0 Å². The number of aromatic nitrogens is 1. The summed E-state index contributed by atoms with van der Waals surface area (Å²) >= 11 is 1.49. The third kappa shape index (κ3) is 7.33. The van der Waals surface area contributed by atoms with Gasteiger partial charge in [-0.2, -0.15) is 0 Å². The summed E-state index contributed by atoms with van der Waals surface area (Å²) in [6.07, 6.45) is 5.15. The van der Waals surface area contributed by atoms with E-state index in [1.165, 1.54) is 31.0 Å². The Balaban J connectivity index is 0.00000364. The number of halogens is 1. The van der Waals surface area contributed by atoms with Gasteiger partial charge in [0.15, 0.2) is 5.78 Å². The Morgan fingerprint density at radius 1 is 1.07 bits per heavy atom. The number of sulfonamides is 1. The molecule has 0 fully saturated rings. The molecule has 0 unspecified atom stereocenters. The van der Waals surface area contributed by atoms with Crippen molar-refractivity contribution < 1.29 is 13.2 Å². The lowest BCUT2D eigenvalue weighted by atomic mass is 10.1. The first-order valence-electron chi connectivity index (χ1n) is 8.73. The van der Waals surface area contributed by atoms with Crippen molar-refractivity contribution in [2.75, 3.05) is 19.8 Å². The topological polar surface area (TPSA) is 67.3 Å². The van der Waals surface area contributed by atoms with Crippen molar-refractivity contribution in [1.82, 2.24) is 9.29 Å². The molecule has 0 aliphatic carbocycles. The third-order valence-electron chi connectivity index (χ3n) is 4.17. The number of unbranched alkanes of at least 4 members (excludes halogenated alkanes) is 2. The van der Waals surface area contributed by atoms with E-state index in [0.717, 1.165) is 46.3 Å². The zero-order valence-corrected chi connectivity index (χ0v) is 18.4. The van der Waals surface area contributed by atoms with Crippen LogP contribution in [0.2, 0.25) is 0 Å². The molecule has 0 atom stereocenters. The number of aryl methyl sites for hydroxylation is 3.